The summed E-state index contributed by atoms with van der Waals surface area (Å²) in [5.41, 5.74) is 0.981. The average Bonchev–Trinajstić information content (AvgIpc) is 2.87. The highest BCUT2D eigenvalue weighted by Crippen LogP contribution is 2.25. The van der Waals surface area contributed by atoms with Gasteiger partial charge in [-0.15, -0.1) is 0 Å². The Morgan fingerprint density at radius 2 is 2.35 bits per heavy atom. The lowest BCUT2D eigenvalue weighted by Gasteiger charge is -2.18. The van der Waals surface area contributed by atoms with Crippen LogP contribution in [0.25, 0.3) is 0 Å². The van der Waals surface area contributed by atoms with Gasteiger partial charge in [0, 0.05) is 38.2 Å². The van der Waals surface area contributed by atoms with Gasteiger partial charge in [-0.1, -0.05) is 6.07 Å². The van der Waals surface area contributed by atoms with Gasteiger partial charge in [0.2, 0.25) is 5.91 Å². The Hall–Kier alpha value is -1.62. The zero-order valence-corrected chi connectivity index (χ0v) is 12.0. The normalized spacial score (nSPS) is 19.1. The fourth-order valence-corrected chi connectivity index (χ4v) is 2.68. The Morgan fingerprint density at radius 1 is 1.55 bits per heavy atom. The standard InChI is InChI=1S/C15H21FN2O2/c1-17-15(19)7-11-5-6-18(9-11)10-12-3-4-13(16)8-14(12)20-2/h3-4,8,11H,5-7,9-10H2,1-2H3,(H,17,19)/t11-/m0/s1. The maximum atomic E-state index is 13.2. The highest BCUT2D eigenvalue weighted by atomic mass is 19.1. The highest BCUT2D eigenvalue weighted by Gasteiger charge is 2.24. The van der Waals surface area contributed by atoms with E-state index in [9.17, 15) is 9.18 Å². The summed E-state index contributed by atoms with van der Waals surface area (Å²) in [4.78, 5) is 13.7. The maximum Gasteiger partial charge on any atom is 0.220 e. The number of methoxy groups -OCH3 is 1. The lowest BCUT2D eigenvalue weighted by Crippen LogP contribution is -2.24. The van der Waals surface area contributed by atoms with Crippen LogP contribution in [0.3, 0.4) is 0 Å². The van der Waals surface area contributed by atoms with Crippen LogP contribution in [0, 0.1) is 11.7 Å². The number of nitrogens with one attached hydrogen (secondary N) is 1. The lowest BCUT2D eigenvalue weighted by molar-refractivity contribution is -0.121. The van der Waals surface area contributed by atoms with E-state index in [1.165, 1.54) is 12.1 Å². The Kier molecular flexibility index (Phi) is 4.95. The first-order valence-electron chi connectivity index (χ1n) is 6.87. The molecule has 0 aromatic heterocycles. The second-order valence-corrected chi connectivity index (χ2v) is 5.22. The molecule has 4 nitrogen and oxygen atoms in total. The van der Waals surface area contributed by atoms with E-state index in [2.05, 4.69) is 10.2 Å². The number of rotatable bonds is 5. The van der Waals surface area contributed by atoms with Crippen molar-refractivity contribution in [3.8, 4) is 5.75 Å². The molecule has 5 heteroatoms. The third-order valence-corrected chi connectivity index (χ3v) is 3.77. The number of halogens is 1. The van der Waals surface area contributed by atoms with E-state index in [-0.39, 0.29) is 11.7 Å². The molecule has 1 aromatic carbocycles. The molecule has 0 unspecified atom stereocenters. The molecule has 1 saturated heterocycles. The van der Waals surface area contributed by atoms with Gasteiger partial charge in [0.15, 0.2) is 0 Å². The van der Waals surface area contributed by atoms with E-state index in [1.54, 1.807) is 20.2 Å². The van der Waals surface area contributed by atoms with E-state index in [0.29, 0.717) is 18.1 Å². The minimum atomic E-state index is -0.287. The summed E-state index contributed by atoms with van der Waals surface area (Å²) < 4.78 is 18.4. The van der Waals surface area contributed by atoms with Crippen LogP contribution in [0.1, 0.15) is 18.4 Å². The molecule has 0 bridgehead atoms. The minimum absolute atomic E-state index is 0.0937. The fourth-order valence-electron chi connectivity index (χ4n) is 2.68. The average molecular weight is 280 g/mol. The van der Waals surface area contributed by atoms with Gasteiger partial charge in [0.25, 0.3) is 0 Å². The summed E-state index contributed by atoms with van der Waals surface area (Å²) in [5, 5.41) is 2.66. The molecule has 1 aromatic rings. The van der Waals surface area contributed by atoms with Crippen molar-refractivity contribution in [1.82, 2.24) is 10.2 Å². The number of carbonyl (C=O) groups excluding carboxylic acids is 1. The Labute approximate surface area is 118 Å². The number of ether oxygens (including phenoxy) is 1. The highest BCUT2D eigenvalue weighted by molar-refractivity contribution is 5.75. The number of hydrogen-bond donors (Lipinski definition) is 1. The Morgan fingerprint density at radius 3 is 3.05 bits per heavy atom. The van der Waals surface area contributed by atoms with Crippen LogP contribution in [0.5, 0.6) is 5.75 Å². The lowest BCUT2D eigenvalue weighted by atomic mass is 10.0. The first-order valence-corrected chi connectivity index (χ1v) is 6.87. The van der Waals surface area contributed by atoms with Crippen molar-refractivity contribution in [2.75, 3.05) is 27.2 Å². The molecule has 110 valence electrons. The quantitative estimate of drug-likeness (QED) is 0.894. The number of carbonyl (C=O) groups is 1. The molecule has 1 fully saturated rings. The number of hydrogen-bond acceptors (Lipinski definition) is 3. The van der Waals surface area contributed by atoms with Gasteiger partial charge >= 0.3 is 0 Å². The van der Waals surface area contributed by atoms with Gasteiger partial charge in [-0.3, -0.25) is 9.69 Å². The van der Waals surface area contributed by atoms with Crippen LogP contribution >= 0.6 is 0 Å². The van der Waals surface area contributed by atoms with Crippen LogP contribution < -0.4 is 10.1 Å². The van der Waals surface area contributed by atoms with Gasteiger partial charge in [-0.05, 0) is 24.9 Å². The van der Waals surface area contributed by atoms with E-state index in [1.807, 2.05) is 0 Å². The summed E-state index contributed by atoms with van der Waals surface area (Å²) in [5.74, 6) is 0.793. The molecule has 1 N–H and O–H groups in total. The first kappa shape index (κ1) is 14.8. The van der Waals surface area contributed by atoms with Crippen LogP contribution in [0.2, 0.25) is 0 Å². The van der Waals surface area contributed by atoms with Crippen molar-refractivity contribution in [3.63, 3.8) is 0 Å². The molecule has 1 heterocycles. The third-order valence-electron chi connectivity index (χ3n) is 3.77. The maximum absolute atomic E-state index is 13.2. The molecule has 2 rings (SSSR count). The van der Waals surface area contributed by atoms with Crippen LogP contribution in [-0.4, -0.2) is 38.1 Å². The number of likely N-dealkylation sites (tertiary alicyclic amines) is 1. The van der Waals surface area contributed by atoms with Crippen molar-refractivity contribution >= 4 is 5.91 Å². The summed E-state index contributed by atoms with van der Waals surface area (Å²) in [6, 6.07) is 4.63. The van der Waals surface area contributed by atoms with Gasteiger partial charge in [0.05, 0.1) is 7.11 Å². The zero-order chi connectivity index (χ0) is 14.5. The Bertz CT molecular complexity index is 479. The van der Waals surface area contributed by atoms with Crippen LogP contribution in [-0.2, 0) is 11.3 Å². The zero-order valence-electron chi connectivity index (χ0n) is 12.0. The van der Waals surface area contributed by atoms with Crippen molar-refractivity contribution in [2.24, 2.45) is 5.92 Å². The van der Waals surface area contributed by atoms with E-state index in [4.69, 9.17) is 4.74 Å². The van der Waals surface area contributed by atoms with Crippen molar-refractivity contribution in [2.45, 2.75) is 19.4 Å². The largest absolute Gasteiger partial charge is 0.496 e. The monoisotopic (exact) mass is 280 g/mol. The molecule has 0 aliphatic carbocycles. The smallest absolute Gasteiger partial charge is 0.220 e. The summed E-state index contributed by atoms with van der Waals surface area (Å²) in [7, 11) is 3.22. The minimum Gasteiger partial charge on any atom is -0.496 e. The molecular weight excluding hydrogens is 259 g/mol. The first-order chi connectivity index (χ1) is 9.62. The molecule has 0 radical (unpaired) electrons. The fraction of sp³-hybridized carbons (Fsp3) is 0.533. The van der Waals surface area contributed by atoms with E-state index < -0.39 is 0 Å². The van der Waals surface area contributed by atoms with Crippen LogP contribution in [0.15, 0.2) is 18.2 Å². The molecule has 20 heavy (non-hydrogen) atoms. The summed E-state index contributed by atoms with van der Waals surface area (Å²) >= 11 is 0. The summed E-state index contributed by atoms with van der Waals surface area (Å²) in [6.07, 6.45) is 1.60. The topological polar surface area (TPSA) is 41.6 Å². The molecule has 0 spiro atoms. The van der Waals surface area contributed by atoms with Crippen LogP contribution in [0.4, 0.5) is 4.39 Å². The molecule has 1 aliphatic rings. The predicted octanol–water partition coefficient (Wildman–Crippen LogP) is 1.79. The van der Waals surface area contributed by atoms with Crippen molar-refractivity contribution in [3.05, 3.63) is 29.6 Å². The van der Waals surface area contributed by atoms with E-state index >= 15 is 0 Å². The van der Waals surface area contributed by atoms with E-state index in [0.717, 1.165) is 31.6 Å². The van der Waals surface area contributed by atoms with Gasteiger partial charge in [-0.25, -0.2) is 4.39 Å². The van der Waals surface area contributed by atoms with Gasteiger partial charge < -0.3 is 10.1 Å². The van der Waals surface area contributed by atoms with Gasteiger partial charge in [-0.2, -0.15) is 0 Å². The molecule has 0 saturated carbocycles. The molecular formula is C15H21FN2O2. The SMILES string of the molecule is CNC(=O)C[C@@H]1CCN(Cc2ccc(F)cc2OC)C1. The molecule has 1 atom stereocenters. The second-order valence-electron chi connectivity index (χ2n) is 5.22. The Balaban J connectivity index is 1.93. The van der Waals surface area contributed by atoms with Crippen molar-refractivity contribution in [1.29, 1.82) is 0 Å². The number of benzene rings is 1. The van der Waals surface area contributed by atoms with Crippen molar-refractivity contribution < 1.29 is 13.9 Å². The van der Waals surface area contributed by atoms with Gasteiger partial charge in [0.1, 0.15) is 11.6 Å². The number of nitrogens with zero attached hydrogens (tertiary/aromatic N) is 1. The second kappa shape index (κ2) is 6.70. The molecule has 1 amide bonds. The number of amides is 1. The third kappa shape index (κ3) is 3.70. The predicted molar refractivity (Wildman–Crippen MR) is 75.0 cm³/mol. The molecule has 1 aliphatic heterocycles. The summed E-state index contributed by atoms with van der Waals surface area (Å²) in [6.45, 7) is 2.59.